The fourth-order valence-corrected chi connectivity index (χ4v) is 12.9. The van der Waals surface area contributed by atoms with Gasteiger partial charge in [-0.25, -0.2) is 4.85 Å². The van der Waals surface area contributed by atoms with Crippen molar-refractivity contribution in [1.82, 2.24) is 18.3 Å². The molecule has 0 aliphatic heterocycles. The van der Waals surface area contributed by atoms with Crippen LogP contribution in [-0.4, -0.2) is 18.3 Å². The highest BCUT2D eigenvalue weighted by Crippen LogP contribution is 2.54. The van der Waals surface area contributed by atoms with Gasteiger partial charge in [0, 0.05) is 68.7 Å². The van der Waals surface area contributed by atoms with Crippen molar-refractivity contribution >= 4 is 137 Å². The highest BCUT2D eigenvalue weighted by Gasteiger charge is 2.36. The molecule has 0 atom stereocenters. The number of aromatic nitrogens is 4. The van der Waals surface area contributed by atoms with E-state index in [2.05, 4.69) is 37.8 Å². The van der Waals surface area contributed by atoms with Crippen molar-refractivity contribution in [2.24, 2.45) is 0 Å². The van der Waals surface area contributed by atoms with Gasteiger partial charge in [-0.05, 0) is 90.5 Å². The molecule has 0 saturated carbocycles. The molecule has 0 aliphatic rings. The van der Waals surface area contributed by atoms with E-state index < -0.39 is 66.8 Å². The minimum absolute atomic E-state index is 0.0589. The van der Waals surface area contributed by atoms with Crippen LogP contribution in [0.1, 0.15) is 53.9 Å². The highest BCUT2D eigenvalue weighted by molar-refractivity contribution is 6.25. The topological polar surface area (TPSA) is 74.2 Å². The number of hydrogen-bond acceptors (Lipinski definition) is 3. The zero-order chi connectivity index (χ0) is 64.5. The quantitative estimate of drug-likeness (QED) is 0.165. The Balaban J connectivity index is 1.25. The SMILES string of the molecule is [2H]c1c([2H])c([2H])c2c(oc3c2c([2H])c([2H])c2c4c([2H])c(C([2H])([2H])[2H])c([2H])c([2H])c4n(-c4c(-n5c6ccccc6c6ccccc65)c(C#N)c(-n5c6ccc(C(C)(C)C)cc6c6ccc7c8ccccc8oc7c65)c([N+]#[C-])c4-n4c5ccccc5c5ccccc54)c32)c1[2H]. The maximum atomic E-state index is 13.0. The largest absolute Gasteiger partial charge is 0.454 e. The second kappa shape index (κ2) is 16.1. The maximum absolute atomic E-state index is 13.0. The maximum Gasteiger partial charge on any atom is 0.237 e. The summed E-state index contributed by atoms with van der Waals surface area (Å²) in [7, 11) is 0. The molecule has 11 aromatic carbocycles. The van der Waals surface area contributed by atoms with Crippen LogP contribution in [0.25, 0.3) is 159 Å². The number of para-hydroxylation sites is 6. The number of hydrogen-bond donors (Lipinski definition) is 0. The number of nitriles is 1. The van der Waals surface area contributed by atoms with Crippen LogP contribution in [0.15, 0.2) is 215 Å². The summed E-state index contributed by atoms with van der Waals surface area (Å²) in [6.07, 6.45) is 0. The molecule has 380 valence electrons. The second-order valence-electron chi connectivity index (χ2n) is 21.6. The molecule has 0 N–H and O–H groups in total. The Morgan fingerprint density at radius 1 is 0.469 bits per heavy atom. The number of furan rings is 2. The van der Waals surface area contributed by atoms with Crippen LogP contribution in [0.2, 0.25) is 0 Å². The molecule has 81 heavy (non-hydrogen) atoms. The summed E-state index contributed by atoms with van der Waals surface area (Å²) in [6.45, 7) is 13.3. The number of fused-ring (bicyclic) bond motifs is 20. The van der Waals surface area contributed by atoms with Gasteiger partial charge in [-0.1, -0.05) is 160 Å². The van der Waals surface area contributed by atoms with E-state index in [-0.39, 0.29) is 83.2 Å². The molecule has 0 aliphatic carbocycles. The molecule has 0 amide bonds. The Morgan fingerprint density at radius 3 is 1.68 bits per heavy atom. The molecular formula is C73H46N6O2. The lowest BCUT2D eigenvalue weighted by Crippen LogP contribution is -2.15. The number of rotatable bonds is 4. The summed E-state index contributed by atoms with van der Waals surface area (Å²) in [5.74, 6) is 0. The van der Waals surface area contributed by atoms with Crippen LogP contribution in [0.3, 0.4) is 0 Å². The van der Waals surface area contributed by atoms with Gasteiger partial charge < -0.3 is 27.1 Å². The predicted octanol–water partition coefficient (Wildman–Crippen LogP) is 19.9. The Kier molecular flexibility index (Phi) is 6.95. The third-order valence-corrected chi connectivity index (χ3v) is 16.4. The average molecular weight is 1050 g/mol. The van der Waals surface area contributed by atoms with Crippen molar-refractivity contribution in [2.45, 2.75) is 33.0 Å². The summed E-state index contributed by atoms with van der Waals surface area (Å²) in [4.78, 5) is 4.68. The van der Waals surface area contributed by atoms with Gasteiger partial charge in [-0.2, -0.15) is 5.26 Å². The molecule has 0 unspecified atom stereocenters. The lowest BCUT2D eigenvalue weighted by atomic mass is 9.86. The van der Waals surface area contributed by atoms with Crippen LogP contribution in [0.4, 0.5) is 5.69 Å². The minimum Gasteiger partial charge on any atom is -0.454 e. The van der Waals surface area contributed by atoms with Crippen molar-refractivity contribution in [3.8, 4) is 28.8 Å². The molecule has 0 spiro atoms. The van der Waals surface area contributed by atoms with Crippen LogP contribution < -0.4 is 0 Å². The van der Waals surface area contributed by atoms with E-state index >= 15 is 0 Å². The van der Waals surface area contributed by atoms with Crippen LogP contribution in [-0.2, 0) is 5.41 Å². The van der Waals surface area contributed by atoms with Gasteiger partial charge in [0.05, 0.1) is 91.4 Å². The first-order valence-electron chi connectivity index (χ1n) is 32.5. The van der Waals surface area contributed by atoms with Gasteiger partial charge in [-0.3, -0.25) is 0 Å². The number of benzene rings is 11. The van der Waals surface area contributed by atoms with Crippen LogP contribution in [0, 0.1) is 24.8 Å². The molecule has 6 heterocycles. The Labute approximate surface area is 480 Å². The minimum atomic E-state index is -3.19. The Hall–Kier alpha value is -10.8. The Morgan fingerprint density at radius 2 is 1.02 bits per heavy atom. The van der Waals surface area contributed by atoms with E-state index in [0.717, 1.165) is 48.7 Å². The van der Waals surface area contributed by atoms with Gasteiger partial charge in [0.25, 0.3) is 0 Å². The summed E-state index contributed by atoms with van der Waals surface area (Å²) < 4.78 is 134. The lowest BCUT2D eigenvalue weighted by Gasteiger charge is -2.27. The van der Waals surface area contributed by atoms with E-state index in [4.69, 9.17) is 15.7 Å². The van der Waals surface area contributed by atoms with E-state index in [1.807, 2.05) is 159 Å². The van der Waals surface area contributed by atoms with Crippen molar-refractivity contribution in [3.63, 3.8) is 0 Å². The molecule has 0 radical (unpaired) electrons. The van der Waals surface area contributed by atoms with Gasteiger partial charge in [0.1, 0.15) is 17.2 Å². The summed E-state index contributed by atoms with van der Waals surface area (Å²) in [5.41, 5.74) is 3.00. The van der Waals surface area contributed by atoms with Crippen LogP contribution >= 0.6 is 0 Å². The lowest BCUT2D eigenvalue weighted by molar-refractivity contribution is 0.591. The summed E-state index contributed by atoms with van der Waals surface area (Å²) in [5, 5.41) is 18.0. The molecule has 8 nitrogen and oxygen atoms in total. The normalized spacial score (nSPS) is 14.7. The zero-order valence-corrected chi connectivity index (χ0v) is 43.4. The first kappa shape index (κ1) is 34.9. The fraction of sp³-hybridized carbons (Fsp3) is 0.0685. The zero-order valence-electron chi connectivity index (χ0n) is 55.4. The molecule has 6 aromatic heterocycles. The first-order valence-corrected chi connectivity index (χ1v) is 26.5. The molecule has 0 fully saturated rings. The van der Waals surface area contributed by atoms with Gasteiger partial charge in [0.2, 0.25) is 5.69 Å². The van der Waals surface area contributed by atoms with Gasteiger partial charge >= 0.3 is 0 Å². The Bertz CT molecular complexity index is 6170. The summed E-state index contributed by atoms with van der Waals surface area (Å²) >= 11 is 0. The van der Waals surface area contributed by atoms with E-state index in [1.165, 1.54) is 4.57 Å². The molecule has 8 heteroatoms. The molecule has 17 rings (SSSR count). The number of nitrogens with zero attached hydrogens (tertiary/aromatic N) is 6. The van der Waals surface area contributed by atoms with Crippen molar-refractivity contribution < 1.29 is 25.3 Å². The molecular weight excluding hydrogens is 993 g/mol. The van der Waals surface area contributed by atoms with Crippen molar-refractivity contribution in [3.05, 3.63) is 234 Å². The van der Waals surface area contributed by atoms with E-state index in [9.17, 15) is 21.4 Å². The monoisotopic (exact) mass is 1050 g/mol. The van der Waals surface area contributed by atoms with Gasteiger partial charge in [-0.15, -0.1) is 0 Å². The average Bonchev–Trinajstić information content (AvgIpc) is 1.53. The standard InChI is InChI=1S/C73H46N6O2/c1-41-30-36-60-53(38-41)49-32-34-52-48-23-11-17-29-63(48)81-72(52)68(49)79(60)70-66(76-56-24-12-6-18-43(56)44-19-7-13-25-57(44)76)55(40-74)65(64(75-5)69(70)77-58-26-14-8-20-45(58)46-21-9-15-27-59(46)77)78-61-37-31-42(73(2,3)4)39-54(61)50-33-35-51-47-22-10-16-28-62(47)80-71(51)67(50)78/h6-39H,1-4H3/i1D3,11D,17D,23D,29D,30D,32D,34D,36D,38D. The third-order valence-electron chi connectivity index (χ3n) is 16.4. The predicted molar refractivity (Wildman–Crippen MR) is 333 cm³/mol. The summed E-state index contributed by atoms with van der Waals surface area (Å²) in [6, 6.07) is 45.0. The smallest absolute Gasteiger partial charge is 0.237 e. The molecule has 0 bridgehead atoms. The van der Waals surface area contributed by atoms with Crippen molar-refractivity contribution in [1.29, 1.82) is 5.26 Å². The first-order chi connectivity index (χ1) is 44.7. The fourth-order valence-electron chi connectivity index (χ4n) is 12.9. The van der Waals surface area contributed by atoms with Crippen molar-refractivity contribution in [2.75, 3.05) is 0 Å². The second-order valence-corrected chi connectivity index (χ2v) is 21.6. The van der Waals surface area contributed by atoms with Crippen LogP contribution in [0.5, 0.6) is 0 Å². The van der Waals surface area contributed by atoms with E-state index in [0.29, 0.717) is 44.3 Å². The highest BCUT2D eigenvalue weighted by atomic mass is 16.3. The third kappa shape index (κ3) is 5.95. The molecule has 0 saturated heterocycles. The molecule has 17 aromatic rings. The van der Waals surface area contributed by atoms with E-state index in [1.54, 1.807) is 0 Å². The van der Waals surface area contributed by atoms with Gasteiger partial charge in [0.15, 0.2) is 11.2 Å².